The topological polar surface area (TPSA) is 9.86 Å². The molecule has 2 aromatic heterocycles. The van der Waals surface area contributed by atoms with E-state index in [2.05, 4.69) is 116 Å². The molecule has 7 aromatic rings. The maximum Gasteiger partial charge on any atom is 0.252 e. The fraction of sp³-hybridized carbons (Fsp3) is 0.118. The zero-order valence-electron chi connectivity index (χ0n) is 21.5. The Hall–Kier alpha value is -4.24. The molecule has 0 fully saturated rings. The quantitative estimate of drug-likeness (QED) is 0.231. The number of aryl methyl sites for hydroxylation is 4. The highest BCUT2D eigenvalue weighted by molar-refractivity contribution is 7.00. The molecule has 0 unspecified atom stereocenters. The highest BCUT2D eigenvalue weighted by Gasteiger charge is 2.40. The molecule has 3 heteroatoms. The summed E-state index contributed by atoms with van der Waals surface area (Å²) in [4.78, 5) is 0. The van der Waals surface area contributed by atoms with Gasteiger partial charge in [0.1, 0.15) is 0 Å². The van der Waals surface area contributed by atoms with Crippen LogP contribution in [-0.4, -0.2) is 15.8 Å². The van der Waals surface area contributed by atoms with Crippen molar-refractivity contribution < 1.29 is 0 Å². The van der Waals surface area contributed by atoms with Crippen LogP contribution in [0.3, 0.4) is 0 Å². The zero-order valence-corrected chi connectivity index (χ0v) is 21.5. The van der Waals surface area contributed by atoms with Crippen molar-refractivity contribution in [1.82, 2.24) is 9.13 Å². The molecule has 9 rings (SSSR count). The molecule has 0 spiro atoms. The molecule has 37 heavy (non-hydrogen) atoms. The van der Waals surface area contributed by atoms with Gasteiger partial charge in [-0.25, -0.2) is 0 Å². The SMILES string of the molecule is Cc1ccc2c(c1)B1c3c(ccc4c5cc(C)ccc5n-2c34)-n2c3cc(C)ccc3c3c(C)ccc1c32. The summed E-state index contributed by atoms with van der Waals surface area (Å²) in [7, 11) is 0. The Morgan fingerprint density at radius 3 is 2.11 bits per heavy atom. The third-order valence-corrected chi connectivity index (χ3v) is 8.98. The van der Waals surface area contributed by atoms with Gasteiger partial charge in [0.05, 0.1) is 16.6 Å². The van der Waals surface area contributed by atoms with Crippen LogP contribution in [0, 0.1) is 27.7 Å². The number of rotatable bonds is 0. The van der Waals surface area contributed by atoms with Crippen LogP contribution in [0.4, 0.5) is 0 Å². The molecule has 2 aliphatic rings. The van der Waals surface area contributed by atoms with E-state index in [4.69, 9.17) is 0 Å². The summed E-state index contributed by atoms with van der Waals surface area (Å²) in [5.74, 6) is 0. The summed E-state index contributed by atoms with van der Waals surface area (Å²) >= 11 is 0. The molecule has 0 N–H and O–H groups in total. The number of nitrogens with zero attached hydrogens (tertiary/aromatic N) is 2. The molecule has 4 heterocycles. The molecule has 2 nitrogen and oxygen atoms in total. The van der Waals surface area contributed by atoms with Gasteiger partial charge in [0.25, 0.3) is 6.71 Å². The van der Waals surface area contributed by atoms with Crippen molar-refractivity contribution in [1.29, 1.82) is 0 Å². The average molecular weight is 472 g/mol. The number of benzene rings is 5. The van der Waals surface area contributed by atoms with E-state index in [1.165, 1.54) is 93.6 Å². The second kappa shape index (κ2) is 6.36. The maximum atomic E-state index is 2.57. The van der Waals surface area contributed by atoms with Gasteiger partial charge >= 0.3 is 0 Å². The van der Waals surface area contributed by atoms with E-state index in [0.717, 1.165) is 0 Å². The van der Waals surface area contributed by atoms with Crippen molar-refractivity contribution in [3.8, 4) is 11.4 Å². The molecule has 0 saturated carbocycles. The van der Waals surface area contributed by atoms with Crippen LogP contribution < -0.4 is 16.4 Å². The van der Waals surface area contributed by atoms with E-state index in [1.54, 1.807) is 0 Å². The minimum Gasteiger partial charge on any atom is -0.310 e. The first-order valence-corrected chi connectivity index (χ1v) is 13.2. The van der Waals surface area contributed by atoms with Crippen molar-refractivity contribution in [2.75, 3.05) is 0 Å². The lowest BCUT2D eigenvalue weighted by molar-refractivity contribution is 1.15. The predicted octanol–water partition coefficient (Wildman–Crippen LogP) is 6.26. The van der Waals surface area contributed by atoms with Crippen molar-refractivity contribution >= 4 is 66.7 Å². The monoisotopic (exact) mass is 472 g/mol. The second-order valence-corrected chi connectivity index (χ2v) is 11.3. The molecule has 0 aliphatic carbocycles. The Morgan fingerprint density at radius 2 is 1.22 bits per heavy atom. The number of hydrogen-bond donors (Lipinski definition) is 0. The summed E-state index contributed by atoms with van der Waals surface area (Å²) in [6.07, 6.45) is 0. The number of hydrogen-bond acceptors (Lipinski definition) is 0. The smallest absolute Gasteiger partial charge is 0.252 e. The summed E-state index contributed by atoms with van der Waals surface area (Å²) in [6, 6.07) is 30.4. The van der Waals surface area contributed by atoms with Crippen LogP contribution in [0.1, 0.15) is 22.3 Å². The first-order valence-electron chi connectivity index (χ1n) is 13.2. The maximum absolute atomic E-state index is 2.57. The Morgan fingerprint density at radius 1 is 0.514 bits per heavy atom. The molecular formula is C34H25BN2. The predicted molar refractivity (Wildman–Crippen MR) is 159 cm³/mol. The fourth-order valence-electron chi connectivity index (χ4n) is 7.48. The zero-order chi connectivity index (χ0) is 24.7. The highest BCUT2D eigenvalue weighted by atomic mass is 15.0. The summed E-state index contributed by atoms with van der Waals surface area (Å²) in [6.45, 7) is 9.11. The lowest BCUT2D eigenvalue weighted by Gasteiger charge is -2.33. The van der Waals surface area contributed by atoms with E-state index < -0.39 is 0 Å². The van der Waals surface area contributed by atoms with Crippen LogP contribution in [0.25, 0.3) is 55.0 Å². The number of aromatic nitrogens is 2. The Labute approximate surface area is 215 Å². The van der Waals surface area contributed by atoms with Gasteiger partial charge in [-0.3, -0.25) is 0 Å². The Kier molecular flexibility index (Phi) is 3.42. The molecular weight excluding hydrogens is 447 g/mol. The molecule has 0 bridgehead atoms. The van der Waals surface area contributed by atoms with Crippen molar-refractivity contribution in [2.45, 2.75) is 27.7 Å². The van der Waals surface area contributed by atoms with Crippen molar-refractivity contribution in [3.05, 3.63) is 101 Å². The van der Waals surface area contributed by atoms with Gasteiger partial charge in [-0.1, -0.05) is 59.7 Å². The van der Waals surface area contributed by atoms with Crippen molar-refractivity contribution in [3.63, 3.8) is 0 Å². The lowest BCUT2D eigenvalue weighted by Crippen LogP contribution is -2.59. The summed E-state index contributed by atoms with van der Waals surface area (Å²) in [5.41, 5.74) is 17.6. The Bertz CT molecular complexity index is 2190. The standard InChI is InChI=1S/C34H25BN2/c1-18-6-12-27-24(15-18)22-10-14-29-32-33(22)36(27)28-13-7-19(2)16-26(28)35(32)25-11-8-21(4)31-23-9-5-20(3)17-30(23)37(29)34(25)31/h5-17H,1-4H3. The third kappa shape index (κ3) is 2.21. The first kappa shape index (κ1) is 19.9. The van der Waals surface area contributed by atoms with Gasteiger partial charge in [-0.2, -0.15) is 0 Å². The molecule has 5 aromatic carbocycles. The van der Waals surface area contributed by atoms with Crippen LogP contribution in [-0.2, 0) is 0 Å². The normalized spacial score (nSPS) is 13.4. The third-order valence-electron chi connectivity index (χ3n) is 8.98. The van der Waals surface area contributed by atoms with Crippen LogP contribution in [0.15, 0.2) is 78.9 Å². The molecule has 0 radical (unpaired) electrons. The average Bonchev–Trinajstić information content (AvgIpc) is 3.40. The molecule has 0 atom stereocenters. The van der Waals surface area contributed by atoms with E-state index in [1.807, 2.05) is 0 Å². The molecule has 0 saturated heterocycles. The van der Waals surface area contributed by atoms with E-state index in [9.17, 15) is 0 Å². The first-order chi connectivity index (χ1) is 18.0. The van der Waals surface area contributed by atoms with Gasteiger partial charge in [-0.15, -0.1) is 0 Å². The minimum absolute atomic E-state index is 0.215. The minimum atomic E-state index is 0.215. The van der Waals surface area contributed by atoms with E-state index in [0.29, 0.717) is 0 Å². The van der Waals surface area contributed by atoms with Crippen LogP contribution >= 0.6 is 0 Å². The second-order valence-electron chi connectivity index (χ2n) is 11.3. The van der Waals surface area contributed by atoms with E-state index >= 15 is 0 Å². The molecule has 2 aliphatic heterocycles. The number of fused-ring (bicyclic) bond motifs is 11. The van der Waals surface area contributed by atoms with E-state index in [-0.39, 0.29) is 6.71 Å². The largest absolute Gasteiger partial charge is 0.310 e. The Balaban J connectivity index is 1.60. The van der Waals surface area contributed by atoms with Gasteiger partial charge in [0.15, 0.2) is 0 Å². The van der Waals surface area contributed by atoms with Crippen LogP contribution in [0.5, 0.6) is 0 Å². The van der Waals surface area contributed by atoms with Crippen molar-refractivity contribution in [2.24, 2.45) is 0 Å². The fourth-order valence-corrected chi connectivity index (χ4v) is 7.48. The molecule has 174 valence electrons. The van der Waals surface area contributed by atoms with Gasteiger partial charge in [0.2, 0.25) is 0 Å². The lowest BCUT2D eigenvalue weighted by atomic mass is 9.34. The van der Waals surface area contributed by atoms with Gasteiger partial charge in [-0.05, 0) is 85.5 Å². The van der Waals surface area contributed by atoms with Crippen LogP contribution in [0.2, 0.25) is 0 Å². The van der Waals surface area contributed by atoms with Gasteiger partial charge < -0.3 is 9.13 Å². The summed E-state index contributed by atoms with van der Waals surface area (Å²) in [5, 5.41) is 5.45. The molecule has 0 amide bonds. The van der Waals surface area contributed by atoms with Gasteiger partial charge in [0, 0.05) is 38.4 Å². The highest BCUT2D eigenvalue weighted by Crippen LogP contribution is 2.40. The summed E-state index contributed by atoms with van der Waals surface area (Å²) < 4.78 is 5.11.